The fourth-order valence-electron chi connectivity index (χ4n) is 2.23. The number of hydrogen-bond donors (Lipinski definition) is 2. The highest BCUT2D eigenvalue weighted by Crippen LogP contribution is 2.39. The summed E-state index contributed by atoms with van der Waals surface area (Å²) < 4.78 is 0.620. The maximum absolute atomic E-state index is 12.3. The summed E-state index contributed by atoms with van der Waals surface area (Å²) in [5, 5.41) is 12.2. The largest absolute Gasteiger partial charge is 0.477 e. The molecule has 10 heteroatoms. The highest BCUT2D eigenvalue weighted by Gasteiger charge is 2.19. The van der Waals surface area contributed by atoms with Crippen LogP contribution in [0.5, 0.6) is 0 Å². The maximum atomic E-state index is 12.3. The average molecular weight is 448 g/mol. The van der Waals surface area contributed by atoms with Gasteiger partial charge in [-0.15, -0.1) is 22.7 Å². The van der Waals surface area contributed by atoms with Crippen LogP contribution in [0.2, 0.25) is 14.4 Å². The summed E-state index contributed by atoms with van der Waals surface area (Å²) in [6, 6.07) is 7.01. The highest BCUT2D eigenvalue weighted by molar-refractivity contribution is 7.19. The van der Waals surface area contributed by atoms with Crippen LogP contribution in [0.3, 0.4) is 0 Å². The van der Waals surface area contributed by atoms with E-state index < -0.39 is 11.9 Å². The summed E-state index contributed by atoms with van der Waals surface area (Å²) in [4.78, 5) is 28.1. The van der Waals surface area contributed by atoms with Crippen molar-refractivity contribution < 1.29 is 14.7 Å². The molecule has 2 aromatic heterocycles. The van der Waals surface area contributed by atoms with E-state index in [2.05, 4.69) is 10.3 Å². The number of anilines is 1. The Morgan fingerprint density at radius 3 is 2.58 bits per heavy atom. The number of hydrogen-bond acceptors (Lipinski definition) is 5. The van der Waals surface area contributed by atoms with E-state index in [9.17, 15) is 9.59 Å². The maximum Gasteiger partial charge on any atom is 0.349 e. The van der Waals surface area contributed by atoms with E-state index in [-0.39, 0.29) is 17.1 Å². The van der Waals surface area contributed by atoms with Gasteiger partial charge < -0.3 is 10.4 Å². The summed E-state index contributed by atoms with van der Waals surface area (Å²) in [7, 11) is 0. The summed E-state index contributed by atoms with van der Waals surface area (Å²) in [6.07, 6.45) is -0.124. The molecule has 3 aromatic rings. The molecule has 2 heterocycles. The summed E-state index contributed by atoms with van der Waals surface area (Å²) >= 11 is 20.9. The highest BCUT2D eigenvalue weighted by atomic mass is 35.5. The number of halogens is 3. The predicted octanol–water partition coefficient (Wildman–Crippen LogP) is 5.71. The van der Waals surface area contributed by atoms with Gasteiger partial charge in [0.05, 0.1) is 21.3 Å². The molecule has 5 nitrogen and oxygen atoms in total. The van der Waals surface area contributed by atoms with Crippen molar-refractivity contribution in [1.82, 2.24) is 4.98 Å². The van der Waals surface area contributed by atoms with Crippen LogP contribution in [-0.4, -0.2) is 22.0 Å². The first kappa shape index (κ1) is 19.1. The number of benzene rings is 1. The van der Waals surface area contributed by atoms with Gasteiger partial charge >= 0.3 is 5.97 Å². The van der Waals surface area contributed by atoms with E-state index in [1.807, 2.05) is 6.07 Å². The number of carboxylic acids is 1. The molecule has 0 fully saturated rings. The second-order valence-corrected chi connectivity index (χ2v) is 8.41. The number of aromatic carboxylic acids is 1. The molecule has 1 aromatic carbocycles. The van der Waals surface area contributed by atoms with Crippen LogP contribution in [-0.2, 0) is 11.2 Å². The quantitative estimate of drug-likeness (QED) is 0.525. The van der Waals surface area contributed by atoms with Gasteiger partial charge in [0.15, 0.2) is 10.7 Å². The number of rotatable bonds is 5. The van der Waals surface area contributed by atoms with Crippen LogP contribution in [0.25, 0.3) is 10.4 Å². The molecule has 0 saturated heterocycles. The lowest BCUT2D eigenvalue weighted by molar-refractivity contribution is -0.115. The topological polar surface area (TPSA) is 79.3 Å². The molecule has 0 bridgehead atoms. The van der Waals surface area contributed by atoms with Crippen molar-refractivity contribution in [3.63, 3.8) is 0 Å². The number of thiazole rings is 1. The first-order valence-corrected chi connectivity index (χ1v) is 9.89. The third-order valence-electron chi connectivity index (χ3n) is 3.38. The Balaban J connectivity index is 1.86. The van der Waals surface area contributed by atoms with E-state index >= 15 is 0 Å². The van der Waals surface area contributed by atoms with E-state index in [4.69, 9.17) is 39.9 Å². The minimum absolute atomic E-state index is 0.000869. The number of carbonyl (C=O) groups is 2. The molecular formula is C16H9Cl3N2O3S2. The fourth-order valence-corrected chi connectivity index (χ4v) is 4.55. The van der Waals surface area contributed by atoms with Gasteiger partial charge in [-0.05, 0) is 23.8 Å². The monoisotopic (exact) mass is 446 g/mol. The molecule has 134 valence electrons. The van der Waals surface area contributed by atoms with E-state index in [1.54, 1.807) is 18.2 Å². The summed E-state index contributed by atoms with van der Waals surface area (Å²) in [5.41, 5.74) is 2.51. The van der Waals surface area contributed by atoms with Crippen LogP contribution in [0.4, 0.5) is 5.82 Å². The Morgan fingerprint density at radius 1 is 1.15 bits per heavy atom. The minimum Gasteiger partial charge on any atom is -0.477 e. The number of carboxylic acid groups (broad SMARTS) is 1. The Labute approximate surface area is 171 Å². The van der Waals surface area contributed by atoms with E-state index in [0.29, 0.717) is 19.9 Å². The molecule has 0 aliphatic carbocycles. The lowest BCUT2D eigenvalue weighted by Gasteiger charge is -2.11. The van der Waals surface area contributed by atoms with Gasteiger partial charge in [-0.3, -0.25) is 4.79 Å². The first-order chi connectivity index (χ1) is 12.4. The zero-order valence-corrected chi connectivity index (χ0v) is 16.7. The van der Waals surface area contributed by atoms with Gasteiger partial charge in [0.25, 0.3) is 0 Å². The van der Waals surface area contributed by atoms with Crippen LogP contribution in [0, 0.1) is 0 Å². The number of thiophene rings is 1. The van der Waals surface area contributed by atoms with Gasteiger partial charge in [0, 0.05) is 15.5 Å². The number of aromatic nitrogens is 1. The lowest BCUT2D eigenvalue weighted by Crippen LogP contribution is -2.17. The van der Waals surface area contributed by atoms with Crippen LogP contribution < -0.4 is 5.32 Å². The molecule has 0 aliphatic rings. The third-order valence-corrected chi connectivity index (χ3v) is 6.25. The number of nitrogens with zero attached hydrogens (tertiary/aromatic N) is 1. The van der Waals surface area contributed by atoms with Gasteiger partial charge in [0.1, 0.15) is 0 Å². The van der Waals surface area contributed by atoms with Crippen LogP contribution in [0.1, 0.15) is 15.2 Å². The van der Waals surface area contributed by atoms with Gasteiger partial charge in [-0.2, -0.15) is 0 Å². The predicted molar refractivity (Wildman–Crippen MR) is 106 cm³/mol. The Bertz CT molecular complexity index is 1000. The van der Waals surface area contributed by atoms with Crippen molar-refractivity contribution in [2.24, 2.45) is 0 Å². The lowest BCUT2D eigenvalue weighted by atomic mass is 10.1. The molecule has 3 rings (SSSR count). The molecular weight excluding hydrogens is 439 g/mol. The second-order valence-electron chi connectivity index (χ2n) is 5.05. The molecule has 0 atom stereocenters. The smallest absolute Gasteiger partial charge is 0.349 e. The molecule has 0 radical (unpaired) electrons. The van der Waals surface area contributed by atoms with Crippen molar-refractivity contribution in [1.29, 1.82) is 0 Å². The standard InChI is InChI=1S/C16H9Cl3N2O3S2/c17-9-2-1-7(10-3-4-11(18)26-10)13(19)8(9)5-12(22)21-15-14(16(23)24)25-6-20-15/h1-4,6H,5H2,(H,21,22)(H,23,24). The van der Waals surface area contributed by atoms with Gasteiger partial charge in [-0.25, -0.2) is 9.78 Å². The Hall–Kier alpha value is -1.64. The zero-order chi connectivity index (χ0) is 18.8. The number of nitrogens with one attached hydrogen (secondary N) is 1. The van der Waals surface area contributed by atoms with Crippen LogP contribution in [0.15, 0.2) is 29.8 Å². The van der Waals surface area contributed by atoms with E-state index in [0.717, 1.165) is 21.8 Å². The van der Waals surface area contributed by atoms with Crippen molar-refractivity contribution >= 4 is 75.2 Å². The molecule has 0 saturated carbocycles. The molecule has 1 amide bonds. The van der Waals surface area contributed by atoms with Gasteiger partial charge in [0.2, 0.25) is 5.91 Å². The van der Waals surface area contributed by atoms with E-state index in [1.165, 1.54) is 16.8 Å². The molecule has 0 unspecified atom stereocenters. The Morgan fingerprint density at radius 2 is 1.92 bits per heavy atom. The number of amides is 1. The number of carbonyl (C=O) groups excluding carboxylic acids is 1. The zero-order valence-electron chi connectivity index (χ0n) is 12.8. The Kier molecular flexibility index (Phi) is 5.84. The SMILES string of the molecule is O=C(Cc1c(Cl)ccc(-c2ccc(Cl)s2)c1Cl)Nc1ncsc1C(=O)O. The molecule has 2 N–H and O–H groups in total. The van der Waals surface area contributed by atoms with Crippen molar-refractivity contribution in [2.45, 2.75) is 6.42 Å². The van der Waals surface area contributed by atoms with Crippen LogP contribution >= 0.6 is 57.5 Å². The summed E-state index contributed by atoms with van der Waals surface area (Å²) in [6.45, 7) is 0. The average Bonchev–Trinajstić information content (AvgIpc) is 3.20. The third kappa shape index (κ3) is 4.02. The molecule has 0 spiro atoms. The van der Waals surface area contributed by atoms with Crippen molar-refractivity contribution in [2.75, 3.05) is 5.32 Å². The van der Waals surface area contributed by atoms with Crippen molar-refractivity contribution in [3.05, 3.63) is 54.6 Å². The fraction of sp³-hybridized carbons (Fsp3) is 0.0625. The second kappa shape index (κ2) is 7.94. The first-order valence-electron chi connectivity index (χ1n) is 7.06. The van der Waals surface area contributed by atoms with Gasteiger partial charge in [-0.1, -0.05) is 40.9 Å². The van der Waals surface area contributed by atoms with Crippen molar-refractivity contribution in [3.8, 4) is 10.4 Å². The molecule has 0 aliphatic heterocycles. The normalized spacial score (nSPS) is 10.7. The summed E-state index contributed by atoms with van der Waals surface area (Å²) in [5.74, 6) is -1.63. The minimum atomic E-state index is -1.16. The molecule has 26 heavy (non-hydrogen) atoms.